The summed E-state index contributed by atoms with van der Waals surface area (Å²) >= 11 is 1.13. The second-order valence-corrected chi connectivity index (χ2v) is 12.6. The molecule has 0 radical (unpaired) electrons. The summed E-state index contributed by atoms with van der Waals surface area (Å²) in [5.41, 5.74) is 4.82. The number of nitrogens with zero attached hydrogens (tertiary/aromatic N) is 2. The van der Waals surface area contributed by atoms with Gasteiger partial charge in [-0.1, -0.05) is 12.1 Å². The molecule has 5 rings (SSSR count). The quantitative estimate of drug-likeness (QED) is 0.340. The van der Waals surface area contributed by atoms with Gasteiger partial charge in [-0.2, -0.15) is 8.42 Å². The topological polar surface area (TPSA) is 95.0 Å². The van der Waals surface area contributed by atoms with E-state index >= 15 is 0 Å². The second kappa shape index (κ2) is 11.4. The number of aromatic nitrogens is 1. The Morgan fingerprint density at radius 2 is 1.89 bits per heavy atom. The van der Waals surface area contributed by atoms with Gasteiger partial charge in [-0.3, -0.25) is 4.31 Å². The number of hydrogen-bond donors (Lipinski definition) is 0. The zero-order valence-electron chi connectivity index (χ0n) is 21.6. The van der Waals surface area contributed by atoms with Gasteiger partial charge in [-0.25, -0.2) is 9.78 Å². The van der Waals surface area contributed by atoms with E-state index < -0.39 is 16.0 Å². The molecule has 1 unspecified atom stereocenters. The fourth-order valence-corrected chi connectivity index (χ4v) is 7.56. The van der Waals surface area contributed by atoms with Gasteiger partial charge in [0.1, 0.15) is 12.4 Å². The fourth-order valence-electron chi connectivity index (χ4n) is 4.92. The SMILES string of the molecule is COC(=O)c1ccc(COc2cc3c(cc2N(CC2CCCCO2)S(=O)(=O)c2nc(C)cs2)CCC3)cc1. The van der Waals surface area contributed by atoms with Crippen molar-refractivity contribution < 1.29 is 27.4 Å². The maximum absolute atomic E-state index is 14.0. The highest BCUT2D eigenvalue weighted by Gasteiger charge is 2.34. The Kier molecular flexibility index (Phi) is 8.01. The molecule has 1 aromatic heterocycles. The number of thiazole rings is 1. The van der Waals surface area contributed by atoms with Crippen LogP contribution in [0.25, 0.3) is 0 Å². The average Bonchev–Trinajstić information content (AvgIpc) is 3.59. The molecule has 1 saturated heterocycles. The molecule has 0 N–H and O–H groups in total. The summed E-state index contributed by atoms with van der Waals surface area (Å²) in [4.78, 5) is 16.1. The monoisotopic (exact) mass is 556 g/mol. The molecule has 1 atom stereocenters. The smallest absolute Gasteiger partial charge is 0.337 e. The molecule has 10 heteroatoms. The van der Waals surface area contributed by atoms with Crippen LogP contribution in [0.15, 0.2) is 46.1 Å². The van der Waals surface area contributed by atoms with Crippen LogP contribution in [0.5, 0.6) is 5.75 Å². The molecule has 1 aliphatic carbocycles. The Balaban J connectivity index is 1.50. The third kappa shape index (κ3) is 5.72. The lowest BCUT2D eigenvalue weighted by Gasteiger charge is -2.31. The number of aryl methyl sites for hydroxylation is 3. The molecule has 8 nitrogen and oxygen atoms in total. The Bertz CT molecular complexity index is 1400. The third-order valence-corrected chi connectivity index (χ3v) is 10.1. The fraction of sp³-hybridized carbons (Fsp3) is 0.429. The number of fused-ring (bicyclic) bond motifs is 1. The van der Waals surface area contributed by atoms with E-state index in [0.717, 1.165) is 61.0 Å². The lowest BCUT2D eigenvalue weighted by atomic mass is 10.1. The van der Waals surface area contributed by atoms with E-state index in [4.69, 9.17) is 14.2 Å². The van der Waals surface area contributed by atoms with Crippen LogP contribution in [0.2, 0.25) is 0 Å². The highest BCUT2D eigenvalue weighted by Crippen LogP contribution is 2.39. The Labute approximate surface area is 227 Å². The van der Waals surface area contributed by atoms with Crippen LogP contribution in [0.4, 0.5) is 5.69 Å². The zero-order valence-corrected chi connectivity index (χ0v) is 23.3. The second-order valence-electron chi connectivity index (χ2n) is 9.70. The summed E-state index contributed by atoms with van der Waals surface area (Å²) in [7, 11) is -2.60. The Morgan fingerprint density at radius 1 is 1.13 bits per heavy atom. The number of rotatable bonds is 9. The van der Waals surface area contributed by atoms with Gasteiger partial charge in [0, 0.05) is 17.7 Å². The molecular formula is C28H32N2O6S2. The van der Waals surface area contributed by atoms with Gasteiger partial charge >= 0.3 is 5.97 Å². The highest BCUT2D eigenvalue weighted by atomic mass is 32.2. The predicted molar refractivity (Wildman–Crippen MR) is 146 cm³/mol. The first-order valence-corrected chi connectivity index (χ1v) is 15.2. The summed E-state index contributed by atoms with van der Waals surface area (Å²) in [5.74, 6) is 0.108. The summed E-state index contributed by atoms with van der Waals surface area (Å²) in [5, 5.41) is 1.75. The summed E-state index contributed by atoms with van der Waals surface area (Å²) in [6.45, 7) is 2.84. The van der Waals surface area contributed by atoms with Crippen molar-refractivity contribution in [3.05, 3.63) is 69.7 Å². The van der Waals surface area contributed by atoms with Gasteiger partial charge in [0.05, 0.1) is 31.0 Å². The lowest BCUT2D eigenvalue weighted by molar-refractivity contribution is 0.0228. The Hall–Kier alpha value is -2.95. The number of esters is 1. The molecule has 2 aromatic carbocycles. The van der Waals surface area contributed by atoms with Crippen molar-refractivity contribution in [2.45, 2.75) is 62.5 Å². The number of hydrogen-bond acceptors (Lipinski definition) is 8. The number of ether oxygens (including phenoxy) is 3. The molecule has 202 valence electrons. The maximum atomic E-state index is 14.0. The molecule has 1 aliphatic heterocycles. The van der Waals surface area contributed by atoms with E-state index in [0.29, 0.717) is 29.3 Å². The number of carbonyl (C=O) groups excluding carboxylic acids is 1. The predicted octanol–water partition coefficient (Wildman–Crippen LogP) is 5.07. The number of carbonyl (C=O) groups is 1. The van der Waals surface area contributed by atoms with Gasteiger partial charge in [-0.05, 0) is 86.4 Å². The largest absolute Gasteiger partial charge is 0.487 e. The minimum Gasteiger partial charge on any atom is -0.487 e. The van der Waals surface area contributed by atoms with Crippen LogP contribution in [0.3, 0.4) is 0 Å². The molecule has 2 heterocycles. The average molecular weight is 557 g/mol. The number of sulfonamides is 1. The van der Waals surface area contributed by atoms with E-state index in [1.165, 1.54) is 17.0 Å². The van der Waals surface area contributed by atoms with Crippen molar-refractivity contribution in [2.24, 2.45) is 0 Å². The number of benzene rings is 2. The highest BCUT2D eigenvalue weighted by molar-refractivity contribution is 7.94. The first-order chi connectivity index (χ1) is 18.3. The van der Waals surface area contributed by atoms with Crippen LogP contribution in [0.1, 0.15) is 58.4 Å². The van der Waals surface area contributed by atoms with Gasteiger partial charge < -0.3 is 14.2 Å². The van der Waals surface area contributed by atoms with Crippen LogP contribution < -0.4 is 9.04 Å². The van der Waals surface area contributed by atoms with E-state index in [1.807, 2.05) is 24.3 Å². The van der Waals surface area contributed by atoms with Crippen molar-refractivity contribution in [1.82, 2.24) is 4.98 Å². The van der Waals surface area contributed by atoms with E-state index in [-0.39, 0.29) is 23.6 Å². The van der Waals surface area contributed by atoms with Gasteiger partial charge in [0.15, 0.2) is 0 Å². The number of methoxy groups -OCH3 is 1. The molecule has 0 saturated carbocycles. The van der Waals surface area contributed by atoms with Crippen LogP contribution in [-0.2, 0) is 38.9 Å². The number of anilines is 1. The summed E-state index contributed by atoms with van der Waals surface area (Å²) < 4.78 is 46.5. The maximum Gasteiger partial charge on any atom is 0.337 e. The standard InChI is InChI=1S/C28H32N2O6S2/c1-19-18-37-28(29-19)38(32,33)30(16-24-8-3-4-13-35-24)25-14-22-6-5-7-23(22)15-26(25)36-17-20-9-11-21(12-10-20)27(31)34-2/h9-12,14-15,18,24H,3-8,13,16-17H2,1-2H3. The minimum atomic E-state index is -3.94. The molecule has 0 amide bonds. The lowest BCUT2D eigenvalue weighted by Crippen LogP contribution is -2.40. The molecule has 0 spiro atoms. The van der Waals surface area contributed by atoms with Gasteiger partial charge in [0.2, 0.25) is 4.34 Å². The van der Waals surface area contributed by atoms with Crippen molar-refractivity contribution in [3.63, 3.8) is 0 Å². The Morgan fingerprint density at radius 3 is 2.55 bits per heavy atom. The van der Waals surface area contributed by atoms with Crippen molar-refractivity contribution >= 4 is 33.0 Å². The molecular weight excluding hydrogens is 524 g/mol. The van der Waals surface area contributed by atoms with Crippen LogP contribution in [0, 0.1) is 6.92 Å². The molecule has 2 aliphatic rings. The van der Waals surface area contributed by atoms with Crippen molar-refractivity contribution in [3.8, 4) is 5.75 Å². The summed E-state index contributed by atoms with van der Waals surface area (Å²) in [6, 6.07) is 11.0. The van der Waals surface area contributed by atoms with Crippen molar-refractivity contribution in [1.29, 1.82) is 0 Å². The van der Waals surface area contributed by atoms with Gasteiger partial charge in [0.25, 0.3) is 10.0 Å². The molecule has 38 heavy (non-hydrogen) atoms. The van der Waals surface area contributed by atoms with Crippen LogP contribution in [-0.4, -0.2) is 45.7 Å². The molecule has 1 fully saturated rings. The normalized spacial score (nSPS) is 17.2. The first-order valence-electron chi connectivity index (χ1n) is 12.9. The van der Waals surface area contributed by atoms with Crippen molar-refractivity contribution in [2.75, 3.05) is 24.6 Å². The van der Waals surface area contributed by atoms with E-state index in [2.05, 4.69) is 4.98 Å². The third-order valence-electron chi connectivity index (χ3n) is 6.96. The van der Waals surface area contributed by atoms with Crippen LogP contribution >= 0.6 is 11.3 Å². The zero-order chi connectivity index (χ0) is 26.7. The minimum absolute atomic E-state index is 0.0654. The first kappa shape index (κ1) is 26.6. The van der Waals surface area contributed by atoms with Gasteiger partial charge in [-0.15, -0.1) is 11.3 Å². The van der Waals surface area contributed by atoms with E-state index in [9.17, 15) is 13.2 Å². The molecule has 3 aromatic rings. The van der Waals surface area contributed by atoms with E-state index in [1.54, 1.807) is 24.4 Å². The molecule has 0 bridgehead atoms. The summed E-state index contributed by atoms with van der Waals surface area (Å²) in [6.07, 6.45) is 5.45.